The molecular formula is C27H31FN4O2. The number of hydrogen-bond donors (Lipinski definition) is 1. The van der Waals surface area contributed by atoms with E-state index in [4.69, 9.17) is 0 Å². The number of nitrogens with zero attached hydrogens (tertiary/aromatic N) is 3. The Labute approximate surface area is 199 Å². The molecule has 2 aromatic carbocycles. The molecule has 1 aliphatic heterocycles. The highest BCUT2D eigenvalue weighted by atomic mass is 19.1. The average molecular weight is 463 g/mol. The van der Waals surface area contributed by atoms with Gasteiger partial charge in [-0.3, -0.25) is 14.2 Å². The van der Waals surface area contributed by atoms with Crippen molar-refractivity contribution in [2.75, 3.05) is 18.4 Å². The number of nitrogens with one attached hydrogen (secondary N) is 1. The van der Waals surface area contributed by atoms with Crippen molar-refractivity contribution in [2.24, 2.45) is 0 Å². The second-order valence-corrected chi connectivity index (χ2v) is 9.47. The lowest BCUT2D eigenvalue weighted by Gasteiger charge is -2.35. The van der Waals surface area contributed by atoms with Gasteiger partial charge in [-0.05, 0) is 82.0 Å². The van der Waals surface area contributed by atoms with Crippen LogP contribution >= 0.6 is 0 Å². The summed E-state index contributed by atoms with van der Waals surface area (Å²) < 4.78 is 17.0. The smallest absolute Gasteiger partial charge is 0.261 e. The normalized spacial score (nSPS) is 18.0. The zero-order valence-electron chi connectivity index (χ0n) is 20.4. The molecule has 1 fully saturated rings. The van der Waals surface area contributed by atoms with Gasteiger partial charge in [0, 0.05) is 30.4 Å². The van der Waals surface area contributed by atoms with Crippen LogP contribution in [0.5, 0.6) is 0 Å². The molecule has 0 bridgehead atoms. The van der Waals surface area contributed by atoms with Crippen LogP contribution in [0.1, 0.15) is 48.6 Å². The molecule has 1 unspecified atom stereocenters. The summed E-state index contributed by atoms with van der Waals surface area (Å²) in [5.74, 6) is -0.501. The number of fused-ring (bicyclic) bond motifs is 1. The molecule has 0 radical (unpaired) electrons. The number of anilines is 1. The molecule has 34 heavy (non-hydrogen) atoms. The number of benzene rings is 2. The van der Waals surface area contributed by atoms with Crippen molar-refractivity contribution in [1.29, 1.82) is 0 Å². The average Bonchev–Trinajstić information content (AvgIpc) is 3.22. The van der Waals surface area contributed by atoms with E-state index in [9.17, 15) is 9.59 Å². The third-order valence-corrected chi connectivity index (χ3v) is 7.06. The fourth-order valence-electron chi connectivity index (χ4n) is 5.01. The number of carbonyl (C=O) groups is 1. The van der Waals surface area contributed by atoms with Crippen LogP contribution < -0.4 is 10.9 Å². The lowest BCUT2D eigenvalue weighted by Crippen LogP contribution is -2.41. The van der Waals surface area contributed by atoms with Gasteiger partial charge in [-0.15, -0.1) is 0 Å². The number of aromatic nitrogens is 2. The second-order valence-electron chi connectivity index (χ2n) is 9.47. The Morgan fingerprint density at radius 2 is 1.94 bits per heavy atom. The van der Waals surface area contributed by atoms with Gasteiger partial charge in [0.05, 0.1) is 22.8 Å². The quantitative estimate of drug-likeness (QED) is 0.555. The Morgan fingerprint density at radius 3 is 2.62 bits per heavy atom. The van der Waals surface area contributed by atoms with E-state index in [2.05, 4.69) is 16.9 Å². The summed E-state index contributed by atoms with van der Waals surface area (Å²) in [6, 6.07) is 6.92. The van der Waals surface area contributed by atoms with Crippen LogP contribution in [0.15, 0.2) is 48.0 Å². The van der Waals surface area contributed by atoms with Crippen molar-refractivity contribution in [1.82, 2.24) is 14.5 Å². The van der Waals surface area contributed by atoms with E-state index in [-0.39, 0.29) is 23.3 Å². The maximum atomic E-state index is 15.4. The lowest BCUT2D eigenvalue weighted by molar-refractivity contribution is -0.125. The van der Waals surface area contributed by atoms with Crippen LogP contribution in [0.3, 0.4) is 0 Å². The van der Waals surface area contributed by atoms with Crippen LogP contribution in [0.4, 0.5) is 10.1 Å². The van der Waals surface area contributed by atoms with Crippen molar-refractivity contribution in [3.63, 3.8) is 0 Å². The fraction of sp³-hybridized carbons (Fsp3) is 0.370. The van der Waals surface area contributed by atoms with E-state index in [1.54, 1.807) is 21.9 Å². The standard InChI is InChI=1S/C27H31FN4O2/c1-7-23(33)31-13-12-27(14-31,25-18(5)17(4)8-9-20(25)28)30-21-10-11-22-24(19(21)6)26(34)32(15-29-22)16(2)3/h7-11,15-16,30H,1,12-14H2,2-6H3. The highest BCUT2D eigenvalue weighted by Gasteiger charge is 2.44. The summed E-state index contributed by atoms with van der Waals surface area (Å²) in [5, 5.41) is 4.12. The van der Waals surface area contributed by atoms with E-state index in [1.807, 2.05) is 46.8 Å². The van der Waals surface area contributed by atoms with Crippen molar-refractivity contribution in [3.05, 3.63) is 81.7 Å². The molecule has 178 valence electrons. The Hall–Kier alpha value is -3.48. The second kappa shape index (κ2) is 8.70. The van der Waals surface area contributed by atoms with Gasteiger partial charge in [-0.1, -0.05) is 12.6 Å². The molecule has 6 nitrogen and oxygen atoms in total. The van der Waals surface area contributed by atoms with Gasteiger partial charge in [0.15, 0.2) is 0 Å². The topological polar surface area (TPSA) is 67.2 Å². The summed E-state index contributed by atoms with van der Waals surface area (Å²) in [6.45, 7) is 14.0. The zero-order valence-corrected chi connectivity index (χ0v) is 20.4. The Kier molecular flexibility index (Phi) is 6.06. The monoisotopic (exact) mass is 462 g/mol. The Bertz CT molecular complexity index is 1360. The largest absolute Gasteiger partial charge is 0.373 e. The maximum absolute atomic E-state index is 15.4. The van der Waals surface area contributed by atoms with Gasteiger partial charge < -0.3 is 10.2 Å². The van der Waals surface area contributed by atoms with Crippen LogP contribution in [-0.2, 0) is 10.3 Å². The van der Waals surface area contributed by atoms with Crippen molar-refractivity contribution < 1.29 is 9.18 Å². The first-order chi connectivity index (χ1) is 16.1. The molecule has 1 aromatic heterocycles. The fourth-order valence-corrected chi connectivity index (χ4v) is 5.01. The van der Waals surface area contributed by atoms with E-state index >= 15 is 4.39 Å². The molecule has 0 spiro atoms. The summed E-state index contributed by atoms with van der Waals surface area (Å²) in [6.07, 6.45) is 3.38. The number of amides is 1. The summed E-state index contributed by atoms with van der Waals surface area (Å²) in [7, 11) is 0. The number of rotatable bonds is 5. The van der Waals surface area contributed by atoms with E-state index in [0.717, 1.165) is 22.4 Å². The lowest BCUT2D eigenvalue weighted by atomic mass is 9.83. The van der Waals surface area contributed by atoms with Crippen LogP contribution in [-0.4, -0.2) is 33.4 Å². The number of hydrogen-bond acceptors (Lipinski definition) is 4. The molecule has 0 aliphatic carbocycles. The molecule has 2 heterocycles. The molecule has 1 saturated heterocycles. The van der Waals surface area contributed by atoms with Crippen LogP contribution in [0.2, 0.25) is 0 Å². The van der Waals surface area contributed by atoms with Gasteiger partial charge in [0.25, 0.3) is 5.56 Å². The van der Waals surface area contributed by atoms with Crippen LogP contribution in [0.25, 0.3) is 10.9 Å². The van der Waals surface area contributed by atoms with Gasteiger partial charge in [0.2, 0.25) is 5.91 Å². The number of aryl methyl sites for hydroxylation is 2. The first kappa shape index (κ1) is 23.7. The predicted octanol–water partition coefficient (Wildman–Crippen LogP) is 4.77. The first-order valence-electron chi connectivity index (χ1n) is 11.6. The number of likely N-dealkylation sites (tertiary alicyclic amines) is 1. The summed E-state index contributed by atoms with van der Waals surface area (Å²) in [4.78, 5) is 31.8. The molecular weight excluding hydrogens is 431 g/mol. The highest BCUT2D eigenvalue weighted by Crippen LogP contribution is 2.41. The van der Waals surface area contributed by atoms with Crippen molar-refractivity contribution in [2.45, 2.75) is 52.6 Å². The van der Waals surface area contributed by atoms with Crippen molar-refractivity contribution in [3.8, 4) is 0 Å². The van der Waals surface area contributed by atoms with E-state index in [1.165, 1.54) is 12.1 Å². The van der Waals surface area contributed by atoms with Gasteiger partial charge >= 0.3 is 0 Å². The Balaban J connectivity index is 1.90. The number of halogens is 1. The molecule has 1 aliphatic rings. The Morgan fingerprint density at radius 1 is 1.21 bits per heavy atom. The summed E-state index contributed by atoms with van der Waals surface area (Å²) >= 11 is 0. The minimum Gasteiger partial charge on any atom is -0.373 e. The van der Waals surface area contributed by atoms with E-state index < -0.39 is 5.54 Å². The predicted molar refractivity (Wildman–Crippen MR) is 134 cm³/mol. The SMILES string of the molecule is C=CC(=O)N1CCC(Nc2ccc3ncn(C(C)C)c(=O)c3c2C)(c2c(F)ccc(C)c2C)C1. The highest BCUT2D eigenvalue weighted by molar-refractivity contribution is 5.88. The molecule has 7 heteroatoms. The van der Waals surface area contributed by atoms with Gasteiger partial charge in [-0.25, -0.2) is 9.37 Å². The van der Waals surface area contributed by atoms with E-state index in [0.29, 0.717) is 36.0 Å². The molecule has 1 amide bonds. The molecule has 1 atom stereocenters. The molecule has 0 saturated carbocycles. The van der Waals surface area contributed by atoms with Gasteiger partial charge in [0.1, 0.15) is 5.82 Å². The molecule has 1 N–H and O–H groups in total. The third-order valence-electron chi connectivity index (χ3n) is 7.06. The molecule has 3 aromatic rings. The first-order valence-corrected chi connectivity index (χ1v) is 11.6. The maximum Gasteiger partial charge on any atom is 0.261 e. The summed E-state index contributed by atoms with van der Waals surface area (Å²) in [5.41, 5.74) is 3.51. The van der Waals surface area contributed by atoms with Crippen LogP contribution in [0, 0.1) is 26.6 Å². The number of carbonyl (C=O) groups excluding carboxylic acids is 1. The van der Waals surface area contributed by atoms with Crippen molar-refractivity contribution >= 4 is 22.5 Å². The minimum absolute atomic E-state index is 0.0240. The zero-order chi connectivity index (χ0) is 24.8. The van der Waals surface area contributed by atoms with Gasteiger partial charge in [-0.2, -0.15) is 0 Å². The molecule has 4 rings (SSSR count). The third kappa shape index (κ3) is 3.79. The minimum atomic E-state index is -0.851.